The molecule has 2 unspecified atom stereocenters. The molecule has 110 valence electrons. The van der Waals surface area contributed by atoms with Gasteiger partial charge in [0.15, 0.2) is 0 Å². The highest BCUT2D eigenvalue weighted by atomic mass is 16.4. The van der Waals surface area contributed by atoms with Crippen LogP contribution in [0.1, 0.15) is 26.7 Å². The van der Waals surface area contributed by atoms with E-state index < -0.39 is 12.0 Å². The lowest BCUT2D eigenvalue weighted by Crippen LogP contribution is -2.52. The minimum absolute atomic E-state index is 0.0255. The van der Waals surface area contributed by atoms with Crippen LogP contribution in [0.4, 0.5) is 4.79 Å². The number of urea groups is 1. The summed E-state index contributed by atoms with van der Waals surface area (Å²) in [4.78, 5) is 26.7. The van der Waals surface area contributed by atoms with Crippen LogP contribution < -0.4 is 5.32 Å². The van der Waals surface area contributed by atoms with E-state index in [-0.39, 0.29) is 12.1 Å². The predicted octanol–water partition coefficient (Wildman–Crippen LogP) is 0.831. The van der Waals surface area contributed by atoms with Crippen molar-refractivity contribution in [3.63, 3.8) is 0 Å². The summed E-state index contributed by atoms with van der Waals surface area (Å²) in [7, 11) is 3.91. The predicted molar refractivity (Wildman–Crippen MR) is 73.1 cm³/mol. The summed E-state index contributed by atoms with van der Waals surface area (Å²) < 4.78 is 0. The molecule has 1 rings (SSSR count). The molecule has 1 aliphatic heterocycles. The molecule has 0 aliphatic carbocycles. The Hall–Kier alpha value is -1.30. The quantitative estimate of drug-likeness (QED) is 0.777. The molecule has 0 aromatic carbocycles. The average molecular weight is 271 g/mol. The molecule has 6 nitrogen and oxygen atoms in total. The normalized spacial score (nSPS) is 20.9. The lowest BCUT2D eigenvalue weighted by Gasteiger charge is -2.29. The van der Waals surface area contributed by atoms with Crippen LogP contribution in [0.25, 0.3) is 0 Å². The highest BCUT2D eigenvalue weighted by Gasteiger charge is 2.34. The fraction of sp³-hybridized carbons (Fsp3) is 0.846. The molecule has 19 heavy (non-hydrogen) atoms. The molecule has 1 fully saturated rings. The Morgan fingerprint density at radius 3 is 2.53 bits per heavy atom. The molecule has 1 saturated heterocycles. The highest BCUT2D eigenvalue weighted by Crippen LogP contribution is 2.18. The van der Waals surface area contributed by atoms with E-state index >= 15 is 0 Å². The molecule has 0 bridgehead atoms. The summed E-state index contributed by atoms with van der Waals surface area (Å²) >= 11 is 0. The van der Waals surface area contributed by atoms with E-state index in [1.807, 2.05) is 32.8 Å². The smallest absolute Gasteiger partial charge is 0.326 e. The zero-order valence-corrected chi connectivity index (χ0v) is 12.2. The molecule has 6 heteroatoms. The van der Waals surface area contributed by atoms with Gasteiger partial charge in [-0.05, 0) is 32.9 Å². The van der Waals surface area contributed by atoms with E-state index in [0.29, 0.717) is 18.9 Å². The second-order valence-corrected chi connectivity index (χ2v) is 5.75. The summed E-state index contributed by atoms with van der Waals surface area (Å²) in [6, 6.07) is -0.907. The maximum absolute atomic E-state index is 12.2. The number of likely N-dealkylation sites (N-methyl/N-ethyl adjacent to an activating group) is 1. The Labute approximate surface area is 114 Å². The molecule has 0 aromatic heterocycles. The maximum atomic E-state index is 12.2. The van der Waals surface area contributed by atoms with Crippen LogP contribution in [-0.2, 0) is 4.79 Å². The fourth-order valence-electron chi connectivity index (χ4n) is 2.32. The fourth-order valence-corrected chi connectivity index (χ4v) is 2.32. The number of hydrogen-bond donors (Lipinski definition) is 2. The summed E-state index contributed by atoms with van der Waals surface area (Å²) in [5.74, 6) is -0.612. The van der Waals surface area contributed by atoms with Crippen molar-refractivity contribution < 1.29 is 14.7 Å². The van der Waals surface area contributed by atoms with Crippen molar-refractivity contribution in [2.45, 2.75) is 38.8 Å². The molecule has 1 heterocycles. The summed E-state index contributed by atoms with van der Waals surface area (Å²) in [6.45, 7) is 5.37. The van der Waals surface area contributed by atoms with Crippen molar-refractivity contribution in [3.05, 3.63) is 0 Å². The van der Waals surface area contributed by atoms with Gasteiger partial charge in [-0.15, -0.1) is 0 Å². The third-order valence-corrected chi connectivity index (χ3v) is 3.47. The minimum atomic E-state index is -0.915. The van der Waals surface area contributed by atoms with E-state index in [2.05, 4.69) is 5.32 Å². The van der Waals surface area contributed by atoms with Crippen LogP contribution >= 0.6 is 0 Å². The number of hydrogen-bond acceptors (Lipinski definition) is 3. The molecule has 0 radical (unpaired) electrons. The zero-order chi connectivity index (χ0) is 14.6. The molecule has 2 amide bonds. The topological polar surface area (TPSA) is 72.9 Å². The first-order chi connectivity index (χ1) is 8.82. The molecule has 0 aromatic rings. The van der Waals surface area contributed by atoms with Crippen LogP contribution in [0.2, 0.25) is 0 Å². The van der Waals surface area contributed by atoms with Gasteiger partial charge >= 0.3 is 12.0 Å². The minimum Gasteiger partial charge on any atom is -0.480 e. The number of aliphatic carboxylic acids is 1. The number of likely N-dealkylation sites (tertiary alicyclic amines) is 1. The van der Waals surface area contributed by atoms with Gasteiger partial charge in [-0.25, -0.2) is 9.59 Å². The highest BCUT2D eigenvalue weighted by molar-refractivity contribution is 5.83. The number of nitrogens with one attached hydrogen (secondary N) is 1. The largest absolute Gasteiger partial charge is 0.480 e. The zero-order valence-electron chi connectivity index (χ0n) is 12.2. The summed E-state index contributed by atoms with van der Waals surface area (Å²) in [5, 5.41) is 12.0. The first-order valence-electron chi connectivity index (χ1n) is 6.77. The Morgan fingerprint density at radius 2 is 2.05 bits per heavy atom. The van der Waals surface area contributed by atoms with Crippen LogP contribution in [0.5, 0.6) is 0 Å². The summed E-state index contributed by atoms with van der Waals surface area (Å²) in [6.07, 6.45) is 1.30. The van der Waals surface area contributed by atoms with Gasteiger partial charge in [0.25, 0.3) is 0 Å². The van der Waals surface area contributed by atoms with Gasteiger partial charge in [0.1, 0.15) is 6.04 Å². The Morgan fingerprint density at radius 1 is 1.42 bits per heavy atom. The molecule has 2 N–H and O–H groups in total. The van der Waals surface area contributed by atoms with Gasteiger partial charge in [-0.2, -0.15) is 0 Å². The van der Waals surface area contributed by atoms with Gasteiger partial charge in [0.2, 0.25) is 0 Å². The molecule has 2 atom stereocenters. The van der Waals surface area contributed by atoms with Crippen molar-refractivity contribution in [3.8, 4) is 0 Å². The van der Waals surface area contributed by atoms with Gasteiger partial charge < -0.3 is 20.2 Å². The number of carbonyl (C=O) groups excluding carboxylic acids is 1. The van der Waals surface area contributed by atoms with E-state index in [9.17, 15) is 9.59 Å². The number of carbonyl (C=O) groups is 2. The molecule has 1 aliphatic rings. The van der Waals surface area contributed by atoms with Gasteiger partial charge in [0.05, 0.1) is 0 Å². The second-order valence-electron chi connectivity index (χ2n) is 5.75. The maximum Gasteiger partial charge on any atom is 0.326 e. The van der Waals surface area contributed by atoms with E-state index in [4.69, 9.17) is 5.11 Å². The van der Waals surface area contributed by atoms with Crippen LogP contribution in [0.15, 0.2) is 0 Å². The van der Waals surface area contributed by atoms with Crippen molar-refractivity contribution in [2.24, 2.45) is 5.92 Å². The number of carboxylic acid groups (broad SMARTS) is 1. The number of nitrogens with zero attached hydrogens (tertiary/aromatic N) is 2. The first kappa shape index (κ1) is 15.8. The van der Waals surface area contributed by atoms with Crippen molar-refractivity contribution in [1.29, 1.82) is 0 Å². The van der Waals surface area contributed by atoms with Gasteiger partial charge in [-0.3, -0.25) is 0 Å². The molecular formula is C13H25N3O3. The average Bonchev–Trinajstić information content (AvgIpc) is 2.76. The molecule has 0 saturated carbocycles. The van der Waals surface area contributed by atoms with E-state index in [1.54, 1.807) is 0 Å². The van der Waals surface area contributed by atoms with E-state index in [0.717, 1.165) is 13.0 Å². The van der Waals surface area contributed by atoms with Gasteiger partial charge in [-0.1, -0.05) is 13.8 Å². The first-order valence-corrected chi connectivity index (χ1v) is 6.77. The number of amides is 2. The lowest BCUT2D eigenvalue weighted by atomic mass is 10.0. The third-order valence-electron chi connectivity index (χ3n) is 3.47. The standard InChI is InChI=1S/C13H25N3O3/c1-9(2)10(8-15(3)4)14-13(19)16-7-5-6-11(16)12(17)18/h9-11H,5-8H2,1-4H3,(H,14,19)(H,17,18). The van der Waals surface area contributed by atoms with Crippen LogP contribution in [0, 0.1) is 5.92 Å². The molecule has 0 spiro atoms. The van der Waals surface area contributed by atoms with E-state index in [1.165, 1.54) is 4.90 Å². The SMILES string of the molecule is CC(C)C(CN(C)C)NC(=O)N1CCCC1C(=O)O. The van der Waals surface area contributed by atoms with Crippen molar-refractivity contribution in [1.82, 2.24) is 15.1 Å². The lowest BCUT2D eigenvalue weighted by molar-refractivity contribution is -0.141. The van der Waals surface area contributed by atoms with Gasteiger partial charge in [0, 0.05) is 19.1 Å². The van der Waals surface area contributed by atoms with Crippen LogP contribution in [0.3, 0.4) is 0 Å². The number of carboxylic acids is 1. The Balaban J connectivity index is 2.63. The van der Waals surface area contributed by atoms with Crippen molar-refractivity contribution in [2.75, 3.05) is 27.2 Å². The summed E-state index contributed by atoms with van der Waals surface area (Å²) in [5.41, 5.74) is 0. The Kier molecular flexibility index (Phi) is 5.60. The van der Waals surface area contributed by atoms with Crippen LogP contribution in [-0.4, -0.2) is 66.2 Å². The second kappa shape index (κ2) is 6.75. The number of rotatable bonds is 5. The van der Waals surface area contributed by atoms with Crippen molar-refractivity contribution >= 4 is 12.0 Å². The molecular weight excluding hydrogens is 246 g/mol. The monoisotopic (exact) mass is 271 g/mol. The third kappa shape index (κ3) is 4.38. The Bertz CT molecular complexity index is 331.